The van der Waals surface area contributed by atoms with Gasteiger partial charge in [0.25, 0.3) is 0 Å². The number of amides is 2. The molecule has 0 radical (unpaired) electrons. The lowest BCUT2D eigenvalue weighted by atomic mass is 10.2. The Morgan fingerprint density at radius 1 is 1.40 bits per heavy atom. The first-order valence-corrected chi connectivity index (χ1v) is 7.03. The molecule has 2 rings (SSSR count). The average molecular weight is 279 g/mol. The smallest absolute Gasteiger partial charge is 0.309 e. The Kier molecular flexibility index (Phi) is 5.17. The number of likely N-dealkylation sites (tertiary alicyclic amines) is 1. The third-order valence-corrected chi connectivity index (χ3v) is 3.61. The van der Waals surface area contributed by atoms with Gasteiger partial charge in [-0.05, 0) is 38.1 Å². The van der Waals surface area contributed by atoms with Gasteiger partial charge in [0.15, 0.2) is 0 Å². The number of hydrogen-bond acceptors (Lipinski definition) is 4. The molecule has 2 heterocycles. The molecule has 6 nitrogen and oxygen atoms in total. The van der Waals surface area contributed by atoms with Crippen molar-refractivity contribution in [2.45, 2.75) is 32.4 Å². The normalized spacial score (nSPS) is 18.9. The SMILES string of the molecule is CCN1CCC[C@H]1CNC(=O)C(=O)NCc1ccco1. The van der Waals surface area contributed by atoms with Crippen molar-refractivity contribution in [3.63, 3.8) is 0 Å². The molecule has 1 aromatic rings. The van der Waals surface area contributed by atoms with E-state index in [4.69, 9.17) is 4.42 Å². The van der Waals surface area contributed by atoms with Gasteiger partial charge in [0.05, 0.1) is 12.8 Å². The topological polar surface area (TPSA) is 74.6 Å². The molecule has 1 atom stereocenters. The highest BCUT2D eigenvalue weighted by Gasteiger charge is 2.24. The van der Waals surface area contributed by atoms with E-state index in [1.807, 2.05) is 0 Å². The summed E-state index contributed by atoms with van der Waals surface area (Å²) in [7, 11) is 0. The molecule has 1 fully saturated rings. The number of nitrogens with zero attached hydrogens (tertiary/aromatic N) is 1. The first-order chi connectivity index (χ1) is 9.70. The van der Waals surface area contributed by atoms with E-state index in [1.54, 1.807) is 12.1 Å². The van der Waals surface area contributed by atoms with Crippen molar-refractivity contribution < 1.29 is 14.0 Å². The van der Waals surface area contributed by atoms with Gasteiger partial charge in [-0.2, -0.15) is 0 Å². The fourth-order valence-corrected chi connectivity index (χ4v) is 2.49. The Balaban J connectivity index is 1.70. The summed E-state index contributed by atoms with van der Waals surface area (Å²) in [6, 6.07) is 3.83. The van der Waals surface area contributed by atoms with Gasteiger partial charge >= 0.3 is 11.8 Å². The summed E-state index contributed by atoms with van der Waals surface area (Å²) in [4.78, 5) is 25.6. The minimum atomic E-state index is -0.623. The second-order valence-corrected chi connectivity index (χ2v) is 4.90. The molecule has 6 heteroatoms. The molecule has 2 N–H and O–H groups in total. The molecule has 20 heavy (non-hydrogen) atoms. The first kappa shape index (κ1) is 14.6. The summed E-state index contributed by atoms with van der Waals surface area (Å²) in [5.74, 6) is -0.582. The van der Waals surface area contributed by atoms with Crippen LogP contribution in [0, 0.1) is 0 Å². The van der Waals surface area contributed by atoms with Crippen LogP contribution in [0.25, 0.3) is 0 Å². The van der Waals surface area contributed by atoms with E-state index in [0.717, 1.165) is 25.9 Å². The highest BCUT2D eigenvalue weighted by atomic mass is 16.3. The second-order valence-electron chi connectivity index (χ2n) is 4.90. The molecule has 0 bridgehead atoms. The molecule has 0 unspecified atom stereocenters. The van der Waals surface area contributed by atoms with Crippen molar-refractivity contribution >= 4 is 11.8 Å². The molecule has 0 aliphatic carbocycles. The van der Waals surface area contributed by atoms with Gasteiger partial charge in [-0.25, -0.2) is 0 Å². The van der Waals surface area contributed by atoms with E-state index < -0.39 is 11.8 Å². The van der Waals surface area contributed by atoms with Gasteiger partial charge < -0.3 is 15.1 Å². The third-order valence-electron chi connectivity index (χ3n) is 3.61. The molecule has 1 saturated heterocycles. The zero-order chi connectivity index (χ0) is 14.4. The standard InChI is InChI=1S/C14H21N3O3/c1-2-17-7-3-5-11(17)9-15-13(18)14(19)16-10-12-6-4-8-20-12/h4,6,8,11H,2-3,5,7,9-10H2,1H3,(H,15,18)(H,16,19)/t11-/m0/s1. The summed E-state index contributed by atoms with van der Waals surface area (Å²) < 4.78 is 5.08. The second kappa shape index (κ2) is 7.09. The van der Waals surface area contributed by atoms with Crippen LogP contribution in [-0.2, 0) is 16.1 Å². The number of likely N-dealkylation sites (N-methyl/N-ethyl adjacent to an activating group) is 1. The van der Waals surface area contributed by atoms with Crippen LogP contribution in [0.3, 0.4) is 0 Å². The lowest BCUT2D eigenvalue weighted by molar-refractivity contribution is -0.139. The lowest BCUT2D eigenvalue weighted by Crippen LogP contribution is -2.45. The van der Waals surface area contributed by atoms with Crippen molar-refractivity contribution in [1.82, 2.24) is 15.5 Å². The minimum absolute atomic E-state index is 0.226. The molecule has 110 valence electrons. The lowest BCUT2D eigenvalue weighted by Gasteiger charge is -2.22. The van der Waals surface area contributed by atoms with Gasteiger partial charge in [-0.1, -0.05) is 6.92 Å². The maximum atomic E-state index is 11.7. The molecule has 1 aliphatic heterocycles. The first-order valence-electron chi connectivity index (χ1n) is 7.03. The van der Waals surface area contributed by atoms with Crippen LogP contribution in [0.5, 0.6) is 0 Å². The minimum Gasteiger partial charge on any atom is -0.467 e. The van der Waals surface area contributed by atoms with Crippen LogP contribution in [0.4, 0.5) is 0 Å². The van der Waals surface area contributed by atoms with E-state index in [2.05, 4.69) is 22.5 Å². The number of rotatable bonds is 5. The quantitative estimate of drug-likeness (QED) is 0.770. The fourth-order valence-electron chi connectivity index (χ4n) is 2.49. The van der Waals surface area contributed by atoms with Crippen LogP contribution in [0.15, 0.2) is 22.8 Å². The van der Waals surface area contributed by atoms with Crippen LogP contribution in [0.2, 0.25) is 0 Å². The fraction of sp³-hybridized carbons (Fsp3) is 0.571. The van der Waals surface area contributed by atoms with Crippen LogP contribution >= 0.6 is 0 Å². The predicted molar refractivity (Wildman–Crippen MR) is 73.8 cm³/mol. The van der Waals surface area contributed by atoms with E-state index in [-0.39, 0.29) is 6.54 Å². The monoisotopic (exact) mass is 279 g/mol. The van der Waals surface area contributed by atoms with Gasteiger partial charge in [-0.3, -0.25) is 14.5 Å². The molecule has 0 saturated carbocycles. The summed E-state index contributed by atoms with van der Waals surface area (Å²) in [6.45, 7) is 4.91. The van der Waals surface area contributed by atoms with Gasteiger partial charge in [-0.15, -0.1) is 0 Å². The zero-order valence-electron chi connectivity index (χ0n) is 11.7. The molecule has 1 aliphatic rings. The number of hydrogen-bond donors (Lipinski definition) is 2. The van der Waals surface area contributed by atoms with Crippen molar-refractivity contribution in [3.05, 3.63) is 24.2 Å². The highest BCUT2D eigenvalue weighted by molar-refractivity contribution is 6.35. The largest absolute Gasteiger partial charge is 0.467 e. The van der Waals surface area contributed by atoms with Crippen molar-refractivity contribution in [2.75, 3.05) is 19.6 Å². The molecule has 0 spiro atoms. The third kappa shape index (κ3) is 3.84. The maximum absolute atomic E-state index is 11.7. The van der Waals surface area contributed by atoms with Gasteiger partial charge in [0, 0.05) is 12.6 Å². The Bertz CT molecular complexity index is 445. The molecular formula is C14H21N3O3. The summed E-state index contributed by atoms with van der Waals surface area (Å²) in [6.07, 6.45) is 3.75. The van der Waals surface area contributed by atoms with E-state index in [0.29, 0.717) is 18.3 Å². The summed E-state index contributed by atoms with van der Waals surface area (Å²) in [5, 5.41) is 5.22. The number of carbonyl (C=O) groups excluding carboxylic acids is 2. The van der Waals surface area contributed by atoms with Crippen LogP contribution in [0.1, 0.15) is 25.5 Å². The Hall–Kier alpha value is -1.82. The zero-order valence-corrected chi connectivity index (χ0v) is 11.7. The maximum Gasteiger partial charge on any atom is 0.309 e. The summed E-state index contributed by atoms with van der Waals surface area (Å²) in [5.41, 5.74) is 0. The highest BCUT2D eigenvalue weighted by Crippen LogP contribution is 2.15. The van der Waals surface area contributed by atoms with Crippen molar-refractivity contribution in [2.24, 2.45) is 0 Å². The summed E-state index contributed by atoms with van der Waals surface area (Å²) >= 11 is 0. The number of nitrogens with one attached hydrogen (secondary N) is 2. The van der Waals surface area contributed by atoms with Crippen molar-refractivity contribution in [3.8, 4) is 0 Å². The Morgan fingerprint density at radius 2 is 2.20 bits per heavy atom. The number of furan rings is 1. The van der Waals surface area contributed by atoms with Crippen LogP contribution in [-0.4, -0.2) is 42.4 Å². The van der Waals surface area contributed by atoms with E-state index in [1.165, 1.54) is 6.26 Å². The van der Waals surface area contributed by atoms with Gasteiger partial charge in [0.1, 0.15) is 5.76 Å². The Morgan fingerprint density at radius 3 is 2.90 bits per heavy atom. The van der Waals surface area contributed by atoms with E-state index >= 15 is 0 Å². The molecule has 2 amide bonds. The molecule has 1 aromatic heterocycles. The number of carbonyl (C=O) groups is 2. The average Bonchev–Trinajstić information content (AvgIpc) is 3.12. The molecule has 0 aromatic carbocycles. The van der Waals surface area contributed by atoms with E-state index in [9.17, 15) is 9.59 Å². The van der Waals surface area contributed by atoms with Crippen molar-refractivity contribution in [1.29, 1.82) is 0 Å². The van der Waals surface area contributed by atoms with Gasteiger partial charge in [0.2, 0.25) is 0 Å². The Labute approximate surface area is 118 Å². The molecular weight excluding hydrogens is 258 g/mol. The predicted octanol–water partition coefficient (Wildman–Crippen LogP) is 0.496. The van der Waals surface area contributed by atoms with Crippen LogP contribution < -0.4 is 10.6 Å².